The van der Waals surface area contributed by atoms with Crippen molar-refractivity contribution in [2.75, 3.05) is 52.7 Å². The van der Waals surface area contributed by atoms with Crippen molar-refractivity contribution in [1.82, 2.24) is 10.6 Å². The standard InChI is InChI=1S/C28H38N4O6/c1-21-5-9-25(10-6-21)23(3)31-37-19-27(33)29-13-15-35-17-18-36-16-14-30-28(34)20-38-32-24(4)26-11-7-22(2)8-12-26/h5-12H,13-20H2,1-4H3,(H,29,33)(H,30,34)/b31-23-,32-24+. The SMILES string of the molecule is C/C(=N/OCC(=O)NCCOCCOCCNC(=O)CO/N=C(\C)c1ccc(C)cc1)c1ccc(C)cc1. The third-order valence-corrected chi connectivity index (χ3v) is 5.24. The summed E-state index contributed by atoms with van der Waals surface area (Å²) in [6.45, 7) is 9.48. The van der Waals surface area contributed by atoms with Crippen LogP contribution in [0.4, 0.5) is 0 Å². The van der Waals surface area contributed by atoms with Gasteiger partial charge in [-0.3, -0.25) is 9.59 Å². The number of carbonyl (C=O) groups is 2. The molecule has 2 rings (SSSR count). The summed E-state index contributed by atoms with van der Waals surface area (Å²) >= 11 is 0. The fraction of sp³-hybridized carbons (Fsp3) is 0.429. The van der Waals surface area contributed by atoms with Crippen LogP contribution in [0.25, 0.3) is 0 Å². The van der Waals surface area contributed by atoms with Crippen LogP contribution in [0.1, 0.15) is 36.1 Å². The number of oxime groups is 2. The molecule has 2 N–H and O–H groups in total. The molecule has 0 aliphatic heterocycles. The first-order valence-corrected chi connectivity index (χ1v) is 12.5. The van der Waals surface area contributed by atoms with E-state index in [1.165, 1.54) is 0 Å². The molecule has 2 aromatic carbocycles. The van der Waals surface area contributed by atoms with Gasteiger partial charge in [-0.25, -0.2) is 0 Å². The number of rotatable bonds is 17. The summed E-state index contributed by atoms with van der Waals surface area (Å²) in [5.74, 6) is -0.554. The van der Waals surface area contributed by atoms with Crippen LogP contribution in [0.3, 0.4) is 0 Å². The van der Waals surface area contributed by atoms with E-state index in [-0.39, 0.29) is 25.0 Å². The van der Waals surface area contributed by atoms with Crippen LogP contribution in [0.15, 0.2) is 58.8 Å². The summed E-state index contributed by atoms with van der Waals surface area (Å²) in [7, 11) is 0. The Morgan fingerprint density at radius 3 is 1.37 bits per heavy atom. The minimum atomic E-state index is -0.277. The van der Waals surface area contributed by atoms with E-state index in [1.807, 2.05) is 76.2 Å². The normalized spacial score (nSPS) is 11.7. The lowest BCUT2D eigenvalue weighted by Crippen LogP contribution is -2.31. The van der Waals surface area contributed by atoms with Gasteiger partial charge in [0.1, 0.15) is 0 Å². The summed E-state index contributed by atoms with van der Waals surface area (Å²) in [4.78, 5) is 33.8. The smallest absolute Gasteiger partial charge is 0.260 e. The van der Waals surface area contributed by atoms with Gasteiger partial charge in [-0.1, -0.05) is 70.0 Å². The molecule has 0 saturated heterocycles. The second-order valence-electron chi connectivity index (χ2n) is 8.56. The molecule has 0 aliphatic rings. The molecule has 206 valence electrons. The van der Waals surface area contributed by atoms with Gasteiger partial charge in [-0.15, -0.1) is 0 Å². The van der Waals surface area contributed by atoms with Crippen molar-refractivity contribution >= 4 is 23.2 Å². The Bertz CT molecular complexity index is 967. The van der Waals surface area contributed by atoms with Crippen molar-refractivity contribution in [3.63, 3.8) is 0 Å². The number of hydrogen-bond acceptors (Lipinski definition) is 8. The van der Waals surface area contributed by atoms with Gasteiger partial charge in [0.05, 0.1) is 37.9 Å². The monoisotopic (exact) mass is 526 g/mol. The largest absolute Gasteiger partial charge is 0.385 e. The van der Waals surface area contributed by atoms with E-state index in [0.717, 1.165) is 22.3 Å². The Hall–Kier alpha value is -3.76. The molecule has 0 atom stereocenters. The number of hydrogen-bond donors (Lipinski definition) is 2. The van der Waals surface area contributed by atoms with E-state index in [9.17, 15) is 9.59 Å². The molecule has 0 unspecified atom stereocenters. The number of nitrogens with zero attached hydrogens (tertiary/aromatic N) is 2. The van der Waals surface area contributed by atoms with Gasteiger partial charge >= 0.3 is 0 Å². The van der Waals surface area contributed by atoms with E-state index < -0.39 is 0 Å². The fourth-order valence-corrected chi connectivity index (χ4v) is 3.02. The minimum absolute atomic E-state index is 0.165. The van der Waals surface area contributed by atoms with Crippen LogP contribution in [0.2, 0.25) is 0 Å². The van der Waals surface area contributed by atoms with Crippen molar-refractivity contribution in [3.05, 3.63) is 70.8 Å². The van der Waals surface area contributed by atoms with Crippen LogP contribution in [0, 0.1) is 13.8 Å². The highest BCUT2D eigenvalue weighted by Gasteiger charge is 2.04. The molecular formula is C28H38N4O6. The van der Waals surface area contributed by atoms with Gasteiger partial charge < -0.3 is 29.8 Å². The molecule has 0 radical (unpaired) electrons. The van der Waals surface area contributed by atoms with Gasteiger partial charge in [-0.2, -0.15) is 0 Å². The second-order valence-corrected chi connectivity index (χ2v) is 8.56. The molecular weight excluding hydrogens is 488 g/mol. The maximum absolute atomic E-state index is 11.8. The molecule has 10 nitrogen and oxygen atoms in total. The first-order chi connectivity index (χ1) is 18.3. The predicted molar refractivity (Wildman–Crippen MR) is 146 cm³/mol. The molecule has 10 heteroatoms. The number of benzene rings is 2. The van der Waals surface area contributed by atoms with Crippen molar-refractivity contribution in [3.8, 4) is 0 Å². The number of ether oxygens (including phenoxy) is 2. The van der Waals surface area contributed by atoms with Crippen LogP contribution >= 0.6 is 0 Å². The fourth-order valence-electron chi connectivity index (χ4n) is 3.02. The zero-order chi connectivity index (χ0) is 27.6. The molecule has 2 aromatic rings. The molecule has 0 aliphatic carbocycles. The number of amides is 2. The van der Waals surface area contributed by atoms with E-state index in [1.54, 1.807) is 0 Å². The summed E-state index contributed by atoms with van der Waals surface area (Å²) < 4.78 is 10.8. The highest BCUT2D eigenvalue weighted by atomic mass is 16.6. The van der Waals surface area contributed by atoms with Crippen molar-refractivity contribution in [2.45, 2.75) is 27.7 Å². The summed E-state index contributed by atoms with van der Waals surface area (Å²) in [5.41, 5.74) is 5.61. The zero-order valence-corrected chi connectivity index (χ0v) is 22.6. The second kappa shape index (κ2) is 17.7. The highest BCUT2D eigenvalue weighted by Crippen LogP contribution is 2.05. The Morgan fingerprint density at radius 1 is 0.632 bits per heavy atom. The van der Waals surface area contributed by atoms with Crippen molar-refractivity contribution < 1.29 is 28.7 Å². The molecule has 0 saturated carbocycles. The van der Waals surface area contributed by atoms with Crippen LogP contribution < -0.4 is 10.6 Å². The lowest BCUT2D eigenvalue weighted by atomic mass is 10.1. The summed E-state index contributed by atoms with van der Waals surface area (Å²) in [6.07, 6.45) is 0. The van der Waals surface area contributed by atoms with Crippen LogP contribution in [-0.4, -0.2) is 76.0 Å². The molecule has 0 bridgehead atoms. The van der Waals surface area contributed by atoms with Gasteiger partial charge in [0.15, 0.2) is 13.2 Å². The quantitative estimate of drug-likeness (QED) is 0.186. The van der Waals surface area contributed by atoms with Crippen LogP contribution in [-0.2, 0) is 28.7 Å². The van der Waals surface area contributed by atoms with E-state index in [4.69, 9.17) is 19.1 Å². The molecule has 2 amide bonds. The maximum atomic E-state index is 11.8. The summed E-state index contributed by atoms with van der Waals surface area (Å²) in [5, 5.41) is 13.3. The van der Waals surface area contributed by atoms with Gasteiger partial charge in [0, 0.05) is 13.1 Å². The Labute approximate surface area is 224 Å². The first-order valence-electron chi connectivity index (χ1n) is 12.5. The highest BCUT2D eigenvalue weighted by molar-refractivity contribution is 5.98. The molecule has 0 fully saturated rings. The molecule has 0 heterocycles. The van der Waals surface area contributed by atoms with Crippen molar-refractivity contribution in [2.24, 2.45) is 10.3 Å². The predicted octanol–water partition coefficient (Wildman–Crippen LogP) is 2.75. The molecule has 38 heavy (non-hydrogen) atoms. The average molecular weight is 527 g/mol. The Balaban J connectivity index is 1.41. The van der Waals surface area contributed by atoms with E-state index in [0.29, 0.717) is 50.9 Å². The van der Waals surface area contributed by atoms with Gasteiger partial charge in [0.25, 0.3) is 11.8 Å². The van der Waals surface area contributed by atoms with Gasteiger partial charge in [0.2, 0.25) is 0 Å². The molecule has 0 aromatic heterocycles. The van der Waals surface area contributed by atoms with Crippen LogP contribution in [0.5, 0.6) is 0 Å². The third kappa shape index (κ3) is 13.0. The van der Waals surface area contributed by atoms with E-state index >= 15 is 0 Å². The Kier molecular flexibility index (Phi) is 14.2. The lowest BCUT2D eigenvalue weighted by Gasteiger charge is -2.08. The Morgan fingerprint density at radius 2 is 1.00 bits per heavy atom. The number of nitrogens with one attached hydrogen (secondary N) is 2. The number of aryl methyl sites for hydroxylation is 2. The number of carbonyl (C=O) groups excluding carboxylic acids is 2. The molecule has 0 spiro atoms. The van der Waals surface area contributed by atoms with Crippen molar-refractivity contribution in [1.29, 1.82) is 0 Å². The zero-order valence-electron chi connectivity index (χ0n) is 22.6. The van der Waals surface area contributed by atoms with Gasteiger partial charge in [-0.05, 0) is 38.8 Å². The summed E-state index contributed by atoms with van der Waals surface area (Å²) in [6, 6.07) is 15.8. The topological polar surface area (TPSA) is 120 Å². The lowest BCUT2D eigenvalue weighted by molar-refractivity contribution is -0.126. The third-order valence-electron chi connectivity index (χ3n) is 5.24. The minimum Gasteiger partial charge on any atom is -0.385 e. The maximum Gasteiger partial charge on any atom is 0.260 e. The van der Waals surface area contributed by atoms with E-state index in [2.05, 4.69) is 20.9 Å². The first kappa shape index (κ1) is 30.5. The average Bonchev–Trinajstić information content (AvgIpc) is 2.90.